The van der Waals surface area contributed by atoms with Crippen molar-refractivity contribution >= 4 is 12.7 Å². The van der Waals surface area contributed by atoms with E-state index in [0.29, 0.717) is 23.8 Å². The summed E-state index contributed by atoms with van der Waals surface area (Å²) in [5, 5.41) is 0. The van der Waals surface area contributed by atoms with Crippen LogP contribution in [0.25, 0.3) is 0 Å². The van der Waals surface area contributed by atoms with E-state index in [4.69, 9.17) is 4.74 Å². The third-order valence-electron chi connectivity index (χ3n) is 6.64. The smallest absolute Gasteiger partial charge is 0.358 e. The number of nitrogens with zero attached hydrogens (tertiary/aromatic N) is 2. The Balaban J connectivity index is 1.54. The molecule has 4 saturated carbocycles. The average Bonchev–Trinajstić information content (AvgIpc) is 3.12. The number of carbonyl (C=O) groups excluding carboxylic acids is 1. The molecule has 21 heavy (non-hydrogen) atoms. The van der Waals surface area contributed by atoms with Crippen LogP contribution in [-0.4, -0.2) is 37.3 Å². The van der Waals surface area contributed by atoms with E-state index in [-0.39, 0.29) is 5.97 Å². The Labute approximate surface area is 126 Å². The van der Waals surface area contributed by atoms with Gasteiger partial charge in [-0.1, -0.05) is 0 Å². The van der Waals surface area contributed by atoms with Crippen LogP contribution in [0.3, 0.4) is 0 Å². The van der Waals surface area contributed by atoms with Gasteiger partial charge in [-0.2, -0.15) is 0 Å². The highest BCUT2D eigenvalue weighted by atomic mass is 16.5. The molecule has 4 nitrogen and oxygen atoms in total. The molecule has 0 radical (unpaired) electrons. The molecule has 4 rings (SSSR count). The van der Waals surface area contributed by atoms with E-state index in [2.05, 4.69) is 23.7 Å². The van der Waals surface area contributed by atoms with Gasteiger partial charge in [-0.15, -0.1) is 0 Å². The van der Waals surface area contributed by atoms with Crippen molar-refractivity contribution in [2.75, 3.05) is 13.7 Å². The first-order chi connectivity index (χ1) is 10.1. The van der Waals surface area contributed by atoms with Crippen LogP contribution < -0.4 is 0 Å². The monoisotopic (exact) mass is 288 g/mol. The Morgan fingerprint density at radius 1 is 1.38 bits per heavy atom. The molecule has 0 amide bonds. The third kappa shape index (κ3) is 1.68. The summed E-state index contributed by atoms with van der Waals surface area (Å²) < 4.78 is 5.04. The maximum absolute atomic E-state index is 11.9. The highest BCUT2D eigenvalue weighted by Gasteiger charge is 2.76. The maximum atomic E-state index is 11.9. The quantitative estimate of drug-likeness (QED) is 0.443. The van der Waals surface area contributed by atoms with Crippen molar-refractivity contribution < 1.29 is 9.53 Å². The van der Waals surface area contributed by atoms with Crippen LogP contribution in [0.15, 0.2) is 16.9 Å². The highest BCUT2D eigenvalue weighted by molar-refractivity contribution is 5.88. The van der Waals surface area contributed by atoms with Crippen LogP contribution in [-0.2, 0) is 9.53 Å². The largest absolute Gasteiger partial charge is 0.461 e. The Hall–Kier alpha value is -1.32. The first-order valence-electron chi connectivity index (χ1n) is 8.18. The van der Waals surface area contributed by atoms with Gasteiger partial charge in [0.15, 0.2) is 5.70 Å². The number of ether oxygens (including phenoxy) is 1. The van der Waals surface area contributed by atoms with E-state index < -0.39 is 0 Å². The van der Waals surface area contributed by atoms with E-state index in [1.54, 1.807) is 0 Å². The number of rotatable bonds is 5. The van der Waals surface area contributed by atoms with Crippen molar-refractivity contribution in [3.05, 3.63) is 11.9 Å². The minimum atomic E-state index is -0.366. The molecule has 0 aromatic rings. The Morgan fingerprint density at radius 2 is 2.19 bits per heavy atom. The van der Waals surface area contributed by atoms with E-state index in [1.807, 2.05) is 13.1 Å². The lowest BCUT2D eigenvalue weighted by atomic mass is 9.61. The van der Waals surface area contributed by atoms with Gasteiger partial charge in [-0.25, -0.2) is 4.79 Å². The molecule has 0 N–H and O–H groups in total. The molecule has 6 unspecified atom stereocenters. The van der Waals surface area contributed by atoms with Gasteiger partial charge in [0, 0.05) is 19.3 Å². The minimum absolute atomic E-state index is 0.335. The number of hydrogen-bond donors (Lipinski definition) is 0. The normalized spacial score (nSPS) is 45.4. The van der Waals surface area contributed by atoms with Gasteiger partial charge >= 0.3 is 5.97 Å². The van der Waals surface area contributed by atoms with Gasteiger partial charge in [-0.3, -0.25) is 4.99 Å². The van der Waals surface area contributed by atoms with Gasteiger partial charge < -0.3 is 9.64 Å². The predicted molar refractivity (Wildman–Crippen MR) is 80.7 cm³/mol. The molecule has 2 bridgehead atoms. The molecule has 0 aromatic heterocycles. The van der Waals surface area contributed by atoms with Crippen LogP contribution in [0.4, 0.5) is 0 Å². The third-order valence-corrected chi connectivity index (χ3v) is 6.64. The zero-order valence-electron chi connectivity index (χ0n) is 12.9. The predicted octanol–water partition coefficient (Wildman–Crippen LogP) is 2.46. The highest BCUT2D eigenvalue weighted by Crippen LogP contribution is 2.81. The standard InChI is InChI=1S/C17H24N2O2/c1-4-21-16(20)14(18-2)9-19(3)15-10-5-11-7-17(8-13(15)17)12(11)6-10/h9-13,15H,2,4-8H2,1,3H3/b14-9-. The topological polar surface area (TPSA) is 41.9 Å². The number of hydrogen-bond acceptors (Lipinski definition) is 4. The first kappa shape index (κ1) is 13.4. The minimum Gasteiger partial charge on any atom is -0.461 e. The van der Waals surface area contributed by atoms with Gasteiger partial charge in [0.25, 0.3) is 0 Å². The van der Waals surface area contributed by atoms with Crippen molar-refractivity contribution in [1.29, 1.82) is 0 Å². The van der Waals surface area contributed by atoms with E-state index >= 15 is 0 Å². The number of aliphatic imine (C=N–C) groups is 1. The van der Waals surface area contributed by atoms with E-state index in [1.165, 1.54) is 25.7 Å². The SMILES string of the molecule is C=N/C(=C\N(C)C1C2CC3CC4(CC14)C3C2)C(=O)OCC. The Morgan fingerprint density at radius 3 is 2.90 bits per heavy atom. The van der Waals surface area contributed by atoms with Crippen molar-refractivity contribution in [3.8, 4) is 0 Å². The maximum Gasteiger partial charge on any atom is 0.358 e. The summed E-state index contributed by atoms with van der Waals surface area (Å²) in [5.41, 5.74) is 1.03. The van der Waals surface area contributed by atoms with Crippen LogP contribution >= 0.6 is 0 Å². The summed E-state index contributed by atoms with van der Waals surface area (Å²) in [7, 11) is 2.09. The summed E-state index contributed by atoms with van der Waals surface area (Å²) in [6.07, 6.45) is 7.53. The molecule has 4 aliphatic rings. The molecule has 0 heterocycles. The molecule has 0 saturated heterocycles. The van der Waals surface area contributed by atoms with E-state index in [0.717, 1.165) is 23.7 Å². The Bertz CT molecular complexity index is 527. The average molecular weight is 288 g/mol. The fraction of sp³-hybridized carbons (Fsp3) is 0.765. The van der Waals surface area contributed by atoms with Crippen LogP contribution in [0.1, 0.15) is 32.6 Å². The van der Waals surface area contributed by atoms with Gasteiger partial charge in [0.05, 0.1) is 6.61 Å². The van der Waals surface area contributed by atoms with Crippen molar-refractivity contribution in [2.24, 2.45) is 34.1 Å². The second-order valence-corrected chi connectivity index (χ2v) is 7.39. The molecule has 6 atom stereocenters. The van der Waals surface area contributed by atoms with Crippen molar-refractivity contribution in [2.45, 2.75) is 38.6 Å². The van der Waals surface area contributed by atoms with Gasteiger partial charge in [-0.05, 0) is 68.4 Å². The summed E-state index contributed by atoms with van der Waals surface area (Å²) in [6, 6.07) is 0.583. The molecular formula is C17H24N2O2. The van der Waals surface area contributed by atoms with Crippen LogP contribution in [0.2, 0.25) is 0 Å². The molecule has 4 aliphatic carbocycles. The van der Waals surface area contributed by atoms with Crippen molar-refractivity contribution in [1.82, 2.24) is 4.90 Å². The summed E-state index contributed by atoms with van der Waals surface area (Å²) in [5.74, 6) is 3.31. The molecule has 4 heteroatoms. The first-order valence-corrected chi connectivity index (χ1v) is 8.18. The lowest BCUT2D eigenvalue weighted by Gasteiger charge is -2.46. The van der Waals surface area contributed by atoms with E-state index in [9.17, 15) is 4.79 Å². The second kappa shape index (κ2) is 4.34. The molecular weight excluding hydrogens is 264 g/mol. The number of fused-ring (bicyclic) bond motifs is 1. The number of carbonyl (C=O) groups is 1. The lowest BCUT2D eigenvalue weighted by molar-refractivity contribution is -0.138. The van der Waals surface area contributed by atoms with Crippen LogP contribution in [0, 0.1) is 29.1 Å². The fourth-order valence-electron chi connectivity index (χ4n) is 5.91. The summed E-state index contributed by atoms with van der Waals surface area (Å²) in [6.45, 7) is 5.70. The van der Waals surface area contributed by atoms with Crippen LogP contribution in [0.5, 0.6) is 0 Å². The molecule has 0 aromatic carbocycles. The molecule has 4 fully saturated rings. The molecule has 114 valence electrons. The van der Waals surface area contributed by atoms with Gasteiger partial charge in [0.2, 0.25) is 0 Å². The second-order valence-electron chi connectivity index (χ2n) is 7.39. The van der Waals surface area contributed by atoms with Gasteiger partial charge in [0.1, 0.15) is 0 Å². The zero-order chi connectivity index (χ0) is 14.8. The fourth-order valence-corrected chi connectivity index (χ4v) is 5.91. The number of esters is 1. The molecule has 0 aliphatic heterocycles. The summed E-state index contributed by atoms with van der Waals surface area (Å²) >= 11 is 0. The zero-order valence-corrected chi connectivity index (χ0v) is 12.9. The van der Waals surface area contributed by atoms with Crippen molar-refractivity contribution in [3.63, 3.8) is 0 Å². The Kier molecular flexibility index (Phi) is 2.76. The summed E-state index contributed by atoms with van der Waals surface area (Å²) in [4.78, 5) is 18.0. The lowest BCUT2D eigenvalue weighted by Crippen LogP contribution is -2.44. The molecule has 1 spiro atoms.